The molecule has 0 aromatic carbocycles. The van der Waals surface area contributed by atoms with Crippen LogP contribution in [0.3, 0.4) is 0 Å². The molecule has 5 rings (SSSR count). The summed E-state index contributed by atoms with van der Waals surface area (Å²) in [4.78, 5) is 22.2. The number of amides is 1. The normalized spacial score (nSPS) is 22.9. The minimum absolute atomic E-state index is 0.284. The zero-order valence-corrected chi connectivity index (χ0v) is 20.0. The molecule has 3 fully saturated rings. The van der Waals surface area contributed by atoms with Crippen molar-refractivity contribution in [1.29, 1.82) is 0 Å². The van der Waals surface area contributed by atoms with Gasteiger partial charge in [-0.15, -0.1) is 0 Å². The summed E-state index contributed by atoms with van der Waals surface area (Å²) in [5.74, 6) is 1.15. The fourth-order valence-electron chi connectivity index (χ4n) is 6.31. The second kappa shape index (κ2) is 9.50. The predicted octanol–water partition coefficient (Wildman–Crippen LogP) is 4.62. The number of carbonyl (C=O) groups excluding carboxylic acids is 1. The van der Waals surface area contributed by atoms with Gasteiger partial charge in [0.2, 0.25) is 5.91 Å². The Morgan fingerprint density at radius 1 is 1.00 bits per heavy atom. The largest absolute Gasteiger partial charge is 0.343 e. The first kappa shape index (κ1) is 21.9. The zero-order valence-electron chi connectivity index (χ0n) is 20.0. The molecule has 6 heteroatoms. The Balaban J connectivity index is 1.33. The van der Waals surface area contributed by atoms with Gasteiger partial charge in [0, 0.05) is 43.5 Å². The maximum absolute atomic E-state index is 12.6. The number of hydrogen-bond donors (Lipinski definition) is 0. The SMILES string of the molecule is Cc1nc2cc([C@@H]3CCCN3CC3CCCCC3)nn2c(C)c1CCC(=O)N1CCCC1. The Hall–Kier alpha value is -1.95. The van der Waals surface area contributed by atoms with Crippen molar-refractivity contribution in [2.75, 3.05) is 26.2 Å². The molecule has 2 aromatic rings. The second-order valence-corrected chi connectivity index (χ2v) is 10.3. The maximum Gasteiger partial charge on any atom is 0.222 e. The van der Waals surface area contributed by atoms with E-state index in [1.54, 1.807) is 0 Å². The van der Waals surface area contributed by atoms with Crippen LogP contribution in [0, 0.1) is 19.8 Å². The van der Waals surface area contributed by atoms with Crippen molar-refractivity contribution in [3.8, 4) is 0 Å². The lowest BCUT2D eigenvalue weighted by molar-refractivity contribution is -0.130. The quantitative estimate of drug-likeness (QED) is 0.662. The number of carbonyl (C=O) groups is 1. The standard InChI is InChI=1S/C26H39N5O/c1-19-22(12-13-26(32)29-14-6-7-15-29)20(2)31-25(27-19)17-23(28-31)24-11-8-16-30(24)18-21-9-4-3-5-10-21/h17,21,24H,3-16,18H2,1-2H3/t24-/m0/s1. The molecule has 0 N–H and O–H groups in total. The average Bonchev–Trinajstić information content (AvgIpc) is 3.55. The number of aryl methyl sites for hydroxylation is 2. The molecule has 1 saturated carbocycles. The first-order valence-electron chi connectivity index (χ1n) is 13.0. The topological polar surface area (TPSA) is 53.7 Å². The van der Waals surface area contributed by atoms with Crippen LogP contribution in [0.5, 0.6) is 0 Å². The summed E-state index contributed by atoms with van der Waals surface area (Å²) in [6.45, 7) is 8.51. The minimum Gasteiger partial charge on any atom is -0.343 e. The van der Waals surface area contributed by atoms with E-state index >= 15 is 0 Å². The molecule has 2 saturated heterocycles. The lowest BCUT2D eigenvalue weighted by Crippen LogP contribution is -2.30. The molecule has 4 heterocycles. The molecule has 2 aromatic heterocycles. The Bertz CT molecular complexity index is 955. The fourth-order valence-corrected chi connectivity index (χ4v) is 6.31. The number of nitrogens with zero attached hydrogens (tertiary/aromatic N) is 5. The van der Waals surface area contributed by atoms with Gasteiger partial charge in [0.15, 0.2) is 5.65 Å². The lowest BCUT2D eigenvalue weighted by Gasteiger charge is -2.30. The van der Waals surface area contributed by atoms with Crippen LogP contribution in [0.2, 0.25) is 0 Å². The van der Waals surface area contributed by atoms with Crippen LogP contribution in [0.15, 0.2) is 6.07 Å². The summed E-state index contributed by atoms with van der Waals surface area (Å²) >= 11 is 0. The van der Waals surface area contributed by atoms with E-state index in [9.17, 15) is 4.79 Å². The number of rotatable bonds is 6. The molecule has 0 radical (unpaired) electrons. The van der Waals surface area contributed by atoms with Crippen LogP contribution >= 0.6 is 0 Å². The van der Waals surface area contributed by atoms with Crippen molar-refractivity contribution in [2.24, 2.45) is 5.92 Å². The summed E-state index contributed by atoms with van der Waals surface area (Å²) in [7, 11) is 0. The zero-order chi connectivity index (χ0) is 22.1. The summed E-state index contributed by atoms with van der Waals surface area (Å²) in [5, 5.41) is 5.06. The van der Waals surface area contributed by atoms with Gasteiger partial charge in [-0.05, 0) is 76.8 Å². The number of aromatic nitrogens is 3. The third kappa shape index (κ3) is 4.43. The van der Waals surface area contributed by atoms with Gasteiger partial charge >= 0.3 is 0 Å². The fraction of sp³-hybridized carbons (Fsp3) is 0.731. The van der Waals surface area contributed by atoms with Crippen LogP contribution in [0.1, 0.15) is 92.9 Å². The molecule has 0 spiro atoms. The van der Waals surface area contributed by atoms with Gasteiger partial charge in [-0.25, -0.2) is 9.50 Å². The number of fused-ring (bicyclic) bond motifs is 1. The summed E-state index contributed by atoms with van der Waals surface area (Å²) in [5.41, 5.74) is 5.50. The van der Waals surface area contributed by atoms with E-state index in [1.165, 1.54) is 69.3 Å². The van der Waals surface area contributed by atoms with Gasteiger partial charge in [0.05, 0.1) is 11.7 Å². The third-order valence-corrected chi connectivity index (χ3v) is 8.15. The molecule has 3 aliphatic rings. The van der Waals surface area contributed by atoms with E-state index in [2.05, 4.69) is 24.8 Å². The minimum atomic E-state index is 0.284. The molecule has 0 unspecified atom stereocenters. The highest BCUT2D eigenvalue weighted by Crippen LogP contribution is 2.35. The molecule has 2 aliphatic heterocycles. The van der Waals surface area contributed by atoms with Crippen LogP contribution in [-0.2, 0) is 11.2 Å². The Morgan fingerprint density at radius 3 is 2.56 bits per heavy atom. The average molecular weight is 438 g/mol. The lowest BCUT2D eigenvalue weighted by atomic mass is 9.89. The Labute approximate surface area is 192 Å². The first-order chi connectivity index (χ1) is 15.6. The van der Waals surface area contributed by atoms with E-state index in [0.717, 1.165) is 55.3 Å². The molecule has 6 nitrogen and oxygen atoms in total. The van der Waals surface area contributed by atoms with Crippen molar-refractivity contribution >= 4 is 11.6 Å². The van der Waals surface area contributed by atoms with E-state index < -0.39 is 0 Å². The van der Waals surface area contributed by atoms with Gasteiger partial charge in [-0.2, -0.15) is 5.10 Å². The van der Waals surface area contributed by atoms with Crippen LogP contribution in [-0.4, -0.2) is 56.5 Å². The van der Waals surface area contributed by atoms with Crippen LogP contribution < -0.4 is 0 Å². The van der Waals surface area contributed by atoms with Crippen LogP contribution in [0.25, 0.3) is 5.65 Å². The number of likely N-dealkylation sites (tertiary alicyclic amines) is 2. The molecular weight excluding hydrogens is 398 g/mol. The van der Waals surface area contributed by atoms with Gasteiger partial charge in [0.1, 0.15) is 0 Å². The molecule has 0 bridgehead atoms. The van der Waals surface area contributed by atoms with Gasteiger partial charge < -0.3 is 4.90 Å². The summed E-state index contributed by atoms with van der Waals surface area (Å²) in [6, 6.07) is 2.64. The van der Waals surface area contributed by atoms with E-state index in [1.807, 2.05) is 9.42 Å². The molecule has 1 atom stereocenters. The monoisotopic (exact) mass is 437 g/mol. The summed E-state index contributed by atoms with van der Waals surface area (Å²) in [6.07, 6.45) is 13.1. The van der Waals surface area contributed by atoms with Crippen LogP contribution in [0.4, 0.5) is 0 Å². The molecule has 32 heavy (non-hydrogen) atoms. The van der Waals surface area contributed by atoms with E-state index in [4.69, 9.17) is 10.1 Å². The molecule has 1 amide bonds. The van der Waals surface area contributed by atoms with E-state index in [0.29, 0.717) is 12.5 Å². The van der Waals surface area contributed by atoms with Gasteiger partial charge in [-0.1, -0.05) is 19.3 Å². The predicted molar refractivity (Wildman–Crippen MR) is 127 cm³/mol. The second-order valence-electron chi connectivity index (χ2n) is 10.3. The van der Waals surface area contributed by atoms with Crippen molar-refractivity contribution in [2.45, 2.75) is 90.5 Å². The highest BCUT2D eigenvalue weighted by Gasteiger charge is 2.31. The highest BCUT2D eigenvalue weighted by molar-refractivity contribution is 5.76. The van der Waals surface area contributed by atoms with Crippen molar-refractivity contribution in [1.82, 2.24) is 24.4 Å². The maximum atomic E-state index is 12.6. The van der Waals surface area contributed by atoms with Gasteiger partial charge in [0.25, 0.3) is 0 Å². The van der Waals surface area contributed by atoms with Crippen molar-refractivity contribution < 1.29 is 4.79 Å². The van der Waals surface area contributed by atoms with Crippen molar-refractivity contribution in [3.63, 3.8) is 0 Å². The smallest absolute Gasteiger partial charge is 0.222 e. The van der Waals surface area contributed by atoms with Gasteiger partial charge in [-0.3, -0.25) is 9.69 Å². The highest BCUT2D eigenvalue weighted by atomic mass is 16.2. The number of hydrogen-bond acceptors (Lipinski definition) is 4. The first-order valence-corrected chi connectivity index (χ1v) is 13.0. The molecule has 174 valence electrons. The van der Waals surface area contributed by atoms with Crippen molar-refractivity contribution in [3.05, 3.63) is 28.7 Å². The molecule has 1 aliphatic carbocycles. The molecular formula is C26H39N5O. The third-order valence-electron chi connectivity index (χ3n) is 8.15. The summed E-state index contributed by atoms with van der Waals surface area (Å²) < 4.78 is 2.04. The Morgan fingerprint density at radius 2 is 1.78 bits per heavy atom. The Kier molecular flexibility index (Phi) is 6.49. The van der Waals surface area contributed by atoms with E-state index in [-0.39, 0.29) is 5.91 Å².